The lowest BCUT2D eigenvalue weighted by Crippen LogP contribution is -2.26. The molecule has 0 atom stereocenters. The highest BCUT2D eigenvalue weighted by atomic mass is 16.6. The van der Waals surface area contributed by atoms with Crippen molar-refractivity contribution in [2.75, 3.05) is 6.61 Å². The fourth-order valence-corrected chi connectivity index (χ4v) is 5.48. The van der Waals surface area contributed by atoms with Crippen LogP contribution in [0, 0.1) is 13.8 Å². The van der Waals surface area contributed by atoms with Crippen LogP contribution >= 0.6 is 0 Å². The van der Waals surface area contributed by atoms with Gasteiger partial charge in [0, 0.05) is 5.41 Å². The van der Waals surface area contributed by atoms with E-state index in [4.69, 9.17) is 9.47 Å². The third-order valence-electron chi connectivity index (χ3n) is 8.22. The van der Waals surface area contributed by atoms with Crippen LogP contribution in [0.3, 0.4) is 0 Å². The molecule has 0 saturated heterocycles. The first-order valence-electron chi connectivity index (χ1n) is 13.8. The average Bonchev–Trinajstić information content (AvgIpc) is 3.33. The molecule has 0 amide bonds. The van der Waals surface area contributed by atoms with Gasteiger partial charge < -0.3 is 14.6 Å². The predicted molar refractivity (Wildman–Crippen MR) is 152 cm³/mol. The molecule has 0 bridgehead atoms. The van der Waals surface area contributed by atoms with Crippen LogP contribution in [0.25, 0.3) is 5.57 Å². The molecular weight excluding hydrogens is 460 g/mol. The van der Waals surface area contributed by atoms with Gasteiger partial charge in [-0.05, 0) is 97.6 Å². The molecular formula is C33H44O4. The van der Waals surface area contributed by atoms with Crippen LogP contribution in [-0.2, 0) is 14.9 Å². The van der Waals surface area contributed by atoms with Crippen molar-refractivity contribution >= 4 is 11.5 Å². The van der Waals surface area contributed by atoms with Crippen molar-refractivity contribution in [1.29, 1.82) is 0 Å². The first-order chi connectivity index (χ1) is 17.6. The quantitative estimate of drug-likeness (QED) is 0.298. The van der Waals surface area contributed by atoms with Gasteiger partial charge in [-0.1, -0.05) is 65.0 Å². The van der Waals surface area contributed by atoms with E-state index in [-0.39, 0.29) is 18.0 Å². The Hall–Kier alpha value is -2.85. The number of ether oxygens (including phenoxy) is 2. The molecule has 0 aliphatic carbocycles. The number of benzene rings is 2. The Morgan fingerprint density at radius 3 is 2.05 bits per heavy atom. The van der Waals surface area contributed by atoms with Gasteiger partial charge in [-0.2, -0.15) is 0 Å². The van der Waals surface area contributed by atoms with Crippen LogP contribution < -0.4 is 4.74 Å². The van der Waals surface area contributed by atoms with Crippen molar-refractivity contribution < 1.29 is 19.4 Å². The molecule has 2 aromatic rings. The molecule has 0 unspecified atom stereocenters. The molecule has 0 saturated carbocycles. The fourth-order valence-electron chi connectivity index (χ4n) is 5.48. The summed E-state index contributed by atoms with van der Waals surface area (Å²) >= 11 is 0. The van der Waals surface area contributed by atoms with E-state index in [0.29, 0.717) is 25.0 Å². The Balaban J connectivity index is 1.93. The summed E-state index contributed by atoms with van der Waals surface area (Å²) in [7, 11) is 0. The first-order valence-corrected chi connectivity index (χ1v) is 13.8. The van der Waals surface area contributed by atoms with E-state index in [9.17, 15) is 9.90 Å². The summed E-state index contributed by atoms with van der Waals surface area (Å²) in [6, 6.07) is 13.3. The highest BCUT2D eigenvalue weighted by Crippen LogP contribution is 2.41. The first kappa shape index (κ1) is 28.7. The number of carbonyl (C=O) groups excluding carboxylic acids is 1. The van der Waals surface area contributed by atoms with Crippen molar-refractivity contribution in [3.63, 3.8) is 0 Å². The fraction of sp³-hybridized carbons (Fsp3) is 0.485. The Morgan fingerprint density at radius 2 is 1.57 bits per heavy atom. The average molecular weight is 505 g/mol. The maximum atomic E-state index is 11.3. The van der Waals surface area contributed by atoms with Gasteiger partial charge in [-0.3, -0.25) is 4.79 Å². The van der Waals surface area contributed by atoms with Gasteiger partial charge in [0.2, 0.25) is 0 Å². The van der Waals surface area contributed by atoms with Gasteiger partial charge in [0.15, 0.2) is 0 Å². The maximum absolute atomic E-state index is 11.3. The van der Waals surface area contributed by atoms with Crippen molar-refractivity contribution in [3.8, 4) is 5.75 Å². The Labute approximate surface area is 223 Å². The van der Waals surface area contributed by atoms with Crippen LogP contribution in [-0.4, -0.2) is 23.3 Å². The number of esters is 1. The minimum atomic E-state index is -0.760. The van der Waals surface area contributed by atoms with Crippen LogP contribution in [0.4, 0.5) is 0 Å². The van der Waals surface area contributed by atoms with Crippen molar-refractivity contribution in [3.05, 3.63) is 82.1 Å². The molecule has 1 N–H and O–H groups in total. The highest BCUT2D eigenvalue weighted by Gasteiger charge is 2.32. The van der Waals surface area contributed by atoms with Crippen molar-refractivity contribution in [2.45, 2.75) is 98.0 Å². The molecule has 1 aliphatic rings. The highest BCUT2D eigenvalue weighted by molar-refractivity contribution is 5.75. The maximum Gasteiger partial charge on any atom is 0.314 e. The van der Waals surface area contributed by atoms with Crippen LogP contribution in [0.15, 0.2) is 54.3 Å². The summed E-state index contributed by atoms with van der Waals surface area (Å²) in [5.41, 5.74) is 6.44. The molecule has 3 rings (SSSR count). The van der Waals surface area contributed by atoms with E-state index in [1.165, 1.54) is 27.8 Å². The molecule has 37 heavy (non-hydrogen) atoms. The number of hydrogen-bond donors (Lipinski definition) is 1. The van der Waals surface area contributed by atoms with Crippen LogP contribution in [0.5, 0.6) is 5.75 Å². The second-order valence-corrected chi connectivity index (χ2v) is 10.3. The largest absolute Gasteiger partial charge is 0.485 e. The second kappa shape index (κ2) is 12.1. The lowest BCUT2D eigenvalue weighted by molar-refractivity contribution is -0.136. The second-order valence-electron chi connectivity index (χ2n) is 10.3. The number of aliphatic hydroxyl groups is 1. The molecule has 0 spiro atoms. The lowest BCUT2D eigenvalue weighted by Gasteiger charge is -2.34. The molecule has 0 fully saturated rings. The van der Waals surface area contributed by atoms with E-state index in [2.05, 4.69) is 71.0 Å². The molecule has 0 radical (unpaired) electrons. The SMILES string of the molecule is CCC(=CC(O)(CC)CC)c1ccc(C(CC)(CC)c2ccc(OCC3=CCC(=O)O3)c(C)c2)cc1C. The molecule has 4 heteroatoms. The standard InChI is InChI=1S/C33H44O4/c1-8-25(21-32(35,9-2)10-3)29-16-13-26(19-23(29)6)33(11-4,12-5)27-14-17-30(24(7)20-27)36-22-28-15-18-31(34)37-28/h13-17,19-21,35H,8-12,18,22H2,1-7H3. The van der Waals surface area contributed by atoms with Crippen LogP contribution in [0.2, 0.25) is 0 Å². The third-order valence-corrected chi connectivity index (χ3v) is 8.22. The molecule has 0 aromatic heterocycles. The number of allylic oxidation sites excluding steroid dienone is 1. The zero-order chi connectivity index (χ0) is 27.2. The molecule has 1 heterocycles. The monoisotopic (exact) mass is 504 g/mol. The smallest absolute Gasteiger partial charge is 0.314 e. The molecule has 2 aromatic carbocycles. The zero-order valence-corrected chi connectivity index (χ0v) is 23.7. The van der Waals surface area contributed by atoms with Crippen molar-refractivity contribution in [1.82, 2.24) is 0 Å². The van der Waals surface area contributed by atoms with E-state index in [1.807, 2.05) is 19.9 Å². The number of hydrogen-bond acceptors (Lipinski definition) is 4. The Kier molecular flexibility index (Phi) is 9.41. The van der Waals surface area contributed by atoms with Gasteiger partial charge in [0.1, 0.15) is 18.1 Å². The Morgan fingerprint density at radius 1 is 0.946 bits per heavy atom. The van der Waals surface area contributed by atoms with E-state index in [1.54, 1.807) is 6.08 Å². The number of aryl methyl sites for hydroxylation is 2. The Bertz CT molecular complexity index is 1160. The minimum Gasteiger partial charge on any atom is -0.485 e. The summed E-state index contributed by atoms with van der Waals surface area (Å²) < 4.78 is 11.1. The van der Waals surface area contributed by atoms with E-state index in [0.717, 1.165) is 30.6 Å². The summed E-state index contributed by atoms with van der Waals surface area (Å²) in [4.78, 5) is 11.3. The van der Waals surface area contributed by atoms with Gasteiger partial charge >= 0.3 is 5.97 Å². The molecule has 4 nitrogen and oxygen atoms in total. The summed E-state index contributed by atoms with van der Waals surface area (Å²) in [6.07, 6.45) is 8.43. The normalized spacial score (nSPS) is 14.5. The van der Waals surface area contributed by atoms with Gasteiger partial charge in [0.05, 0.1) is 12.0 Å². The van der Waals surface area contributed by atoms with E-state index < -0.39 is 5.60 Å². The van der Waals surface area contributed by atoms with Gasteiger partial charge in [0.25, 0.3) is 0 Å². The van der Waals surface area contributed by atoms with E-state index >= 15 is 0 Å². The number of rotatable bonds is 12. The minimum absolute atomic E-state index is 0.111. The van der Waals surface area contributed by atoms with Crippen LogP contribution in [0.1, 0.15) is 101 Å². The topological polar surface area (TPSA) is 55.8 Å². The van der Waals surface area contributed by atoms with Gasteiger partial charge in [-0.15, -0.1) is 0 Å². The molecule has 200 valence electrons. The predicted octanol–water partition coefficient (Wildman–Crippen LogP) is 7.96. The lowest BCUT2D eigenvalue weighted by atomic mass is 9.69. The summed E-state index contributed by atoms with van der Waals surface area (Å²) in [5, 5.41) is 10.9. The number of carbonyl (C=O) groups is 1. The number of cyclic esters (lactones) is 1. The molecule has 1 aliphatic heterocycles. The summed E-state index contributed by atoms with van der Waals surface area (Å²) in [5.74, 6) is 1.16. The summed E-state index contributed by atoms with van der Waals surface area (Å²) in [6.45, 7) is 15.3. The zero-order valence-electron chi connectivity index (χ0n) is 23.7. The van der Waals surface area contributed by atoms with Gasteiger partial charge in [-0.25, -0.2) is 0 Å². The van der Waals surface area contributed by atoms with Crippen molar-refractivity contribution in [2.24, 2.45) is 0 Å². The third kappa shape index (κ3) is 6.18.